The fourth-order valence-corrected chi connectivity index (χ4v) is 1.94. The third-order valence-electron chi connectivity index (χ3n) is 3.32. The van der Waals surface area contributed by atoms with Crippen LogP contribution in [0.2, 0.25) is 0 Å². The normalized spacial score (nSPS) is 13.0. The van der Waals surface area contributed by atoms with Gasteiger partial charge in [0.05, 0.1) is 0 Å². The smallest absolute Gasteiger partial charge is 0.340 e. The number of aliphatic hydroxyl groups is 1. The largest absolute Gasteiger partial charge is 0.450 e. The van der Waals surface area contributed by atoms with E-state index in [1.807, 2.05) is 19.1 Å². The number of amides is 1. The van der Waals surface area contributed by atoms with Crippen molar-refractivity contribution in [1.82, 2.24) is 0 Å². The molecule has 0 bridgehead atoms. The Balaban J connectivity index is 1.92. The quantitative estimate of drug-likeness (QED) is 0.832. The molecule has 120 valence electrons. The predicted molar refractivity (Wildman–Crippen MR) is 86.8 cm³/mol. The van der Waals surface area contributed by atoms with E-state index in [9.17, 15) is 14.7 Å². The van der Waals surface area contributed by atoms with Gasteiger partial charge in [-0.2, -0.15) is 0 Å². The molecule has 5 nitrogen and oxygen atoms in total. The summed E-state index contributed by atoms with van der Waals surface area (Å²) in [6.07, 6.45) is -2.42. The molecule has 2 aromatic rings. The van der Waals surface area contributed by atoms with Crippen molar-refractivity contribution < 1.29 is 19.4 Å². The molecule has 0 spiro atoms. The molecule has 23 heavy (non-hydrogen) atoms. The molecule has 5 heteroatoms. The van der Waals surface area contributed by atoms with Gasteiger partial charge in [0.25, 0.3) is 5.91 Å². The first kappa shape index (κ1) is 16.7. The predicted octanol–water partition coefficient (Wildman–Crippen LogP) is 2.60. The molecule has 0 aromatic heterocycles. The molecule has 0 unspecified atom stereocenters. The molecule has 2 N–H and O–H groups in total. The Hall–Kier alpha value is -2.66. The molecular weight excluding hydrogens is 294 g/mol. The SMILES string of the molecule is Cc1ccc(NC(=O)[C@@H](C)OC(=O)[C@@H](O)c2ccccc2)cc1. The highest BCUT2D eigenvalue weighted by atomic mass is 16.6. The van der Waals surface area contributed by atoms with Crippen LogP contribution < -0.4 is 5.32 Å². The maximum absolute atomic E-state index is 12.0. The molecule has 0 saturated carbocycles. The summed E-state index contributed by atoms with van der Waals surface area (Å²) >= 11 is 0. The van der Waals surface area contributed by atoms with Crippen molar-refractivity contribution >= 4 is 17.6 Å². The number of hydrogen-bond acceptors (Lipinski definition) is 4. The van der Waals surface area contributed by atoms with E-state index in [1.165, 1.54) is 6.92 Å². The molecular formula is C18H19NO4. The van der Waals surface area contributed by atoms with E-state index in [-0.39, 0.29) is 0 Å². The van der Waals surface area contributed by atoms with Crippen molar-refractivity contribution in [3.8, 4) is 0 Å². The van der Waals surface area contributed by atoms with Crippen molar-refractivity contribution in [2.45, 2.75) is 26.1 Å². The monoisotopic (exact) mass is 313 g/mol. The highest BCUT2D eigenvalue weighted by Crippen LogP contribution is 2.15. The van der Waals surface area contributed by atoms with E-state index in [0.29, 0.717) is 11.3 Å². The number of hydrogen-bond donors (Lipinski definition) is 2. The molecule has 0 aliphatic carbocycles. The zero-order valence-corrected chi connectivity index (χ0v) is 13.0. The van der Waals surface area contributed by atoms with Crippen LogP contribution in [0, 0.1) is 6.92 Å². The minimum Gasteiger partial charge on any atom is -0.450 e. The average molecular weight is 313 g/mol. The molecule has 0 fully saturated rings. The Morgan fingerprint density at radius 2 is 1.65 bits per heavy atom. The van der Waals surface area contributed by atoms with E-state index in [4.69, 9.17) is 4.74 Å². The first-order chi connectivity index (χ1) is 11.0. The molecule has 0 aliphatic heterocycles. The highest BCUT2D eigenvalue weighted by Gasteiger charge is 2.24. The lowest BCUT2D eigenvalue weighted by Gasteiger charge is -2.16. The summed E-state index contributed by atoms with van der Waals surface area (Å²) in [5, 5.41) is 12.6. The molecule has 2 rings (SSSR count). The minimum absolute atomic E-state index is 0.420. The summed E-state index contributed by atoms with van der Waals surface area (Å²) in [5.41, 5.74) is 2.12. The van der Waals surface area contributed by atoms with Gasteiger partial charge in [0.15, 0.2) is 12.2 Å². The second-order valence-electron chi connectivity index (χ2n) is 5.25. The number of aryl methyl sites for hydroxylation is 1. The molecule has 0 radical (unpaired) electrons. The minimum atomic E-state index is -1.41. The molecule has 0 aliphatic rings. The van der Waals surface area contributed by atoms with Gasteiger partial charge in [0.2, 0.25) is 0 Å². The summed E-state index contributed by atoms with van der Waals surface area (Å²) in [5.74, 6) is -1.31. The number of esters is 1. The summed E-state index contributed by atoms with van der Waals surface area (Å²) in [4.78, 5) is 23.9. The molecule has 0 heterocycles. The first-order valence-electron chi connectivity index (χ1n) is 7.28. The first-order valence-corrected chi connectivity index (χ1v) is 7.28. The number of aliphatic hydroxyl groups excluding tert-OH is 1. The maximum Gasteiger partial charge on any atom is 0.340 e. The van der Waals surface area contributed by atoms with E-state index in [2.05, 4.69) is 5.32 Å². The maximum atomic E-state index is 12.0. The topological polar surface area (TPSA) is 75.6 Å². The van der Waals surface area contributed by atoms with Gasteiger partial charge in [-0.3, -0.25) is 4.79 Å². The van der Waals surface area contributed by atoms with E-state index in [1.54, 1.807) is 42.5 Å². The summed E-state index contributed by atoms with van der Waals surface area (Å²) in [6.45, 7) is 3.40. The lowest BCUT2D eigenvalue weighted by molar-refractivity contribution is -0.162. The summed E-state index contributed by atoms with van der Waals surface area (Å²) in [7, 11) is 0. The van der Waals surface area contributed by atoms with Crippen molar-refractivity contribution in [3.63, 3.8) is 0 Å². The van der Waals surface area contributed by atoms with Crippen molar-refractivity contribution in [2.75, 3.05) is 5.32 Å². The molecule has 1 amide bonds. The fourth-order valence-electron chi connectivity index (χ4n) is 1.94. The van der Waals surface area contributed by atoms with Gasteiger partial charge in [-0.1, -0.05) is 48.0 Å². The number of carbonyl (C=O) groups excluding carboxylic acids is 2. The molecule has 0 saturated heterocycles. The number of benzene rings is 2. The second kappa shape index (κ2) is 7.56. The van der Waals surface area contributed by atoms with Gasteiger partial charge in [0.1, 0.15) is 0 Å². The Morgan fingerprint density at radius 1 is 1.04 bits per heavy atom. The van der Waals surface area contributed by atoms with Crippen LogP contribution in [-0.4, -0.2) is 23.1 Å². The van der Waals surface area contributed by atoms with Crippen LogP contribution in [-0.2, 0) is 14.3 Å². The van der Waals surface area contributed by atoms with Crippen molar-refractivity contribution in [3.05, 3.63) is 65.7 Å². The van der Waals surface area contributed by atoms with E-state index in [0.717, 1.165) is 5.56 Å². The zero-order chi connectivity index (χ0) is 16.8. The third-order valence-corrected chi connectivity index (χ3v) is 3.32. The van der Waals surface area contributed by atoms with Crippen LogP contribution in [0.5, 0.6) is 0 Å². The van der Waals surface area contributed by atoms with Gasteiger partial charge in [0, 0.05) is 5.69 Å². The van der Waals surface area contributed by atoms with Crippen LogP contribution in [0.1, 0.15) is 24.2 Å². The lowest BCUT2D eigenvalue weighted by atomic mass is 10.1. The zero-order valence-electron chi connectivity index (χ0n) is 13.0. The Labute approximate surface area is 134 Å². The standard InChI is InChI=1S/C18H19NO4/c1-12-8-10-15(11-9-12)19-17(21)13(2)23-18(22)16(20)14-6-4-3-5-7-14/h3-11,13,16,20H,1-2H3,(H,19,21)/t13-,16+/m1/s1. The number of anilines is 1. The lowest BCUT2D eigenvalue weighted by Crippen LogP contribution is -2.31. The third kappa shape index (κ3) is 4.66. The van der Waals surface area contributed by atoms with Crippen LogP contribution in [0.3, 0.4) is 0 Å². The summed E-state index contributed by atoms with van der Waals surface area (Å²) < 4.78 is 5.02. The average Bonchev–Trinajstić information content (AvgIpc) is 2.56. The number of rotatable bonds is 5. The van der Waals surface area contributed by atoms with Crippen LogP contribution in [0.15, 0.2) is 54.6 Å². The Bertz CT molecular complexity index is 667. The second-order valence-corrected chi connectivity index (χ2v) is 5.25. The van der Waals surface area contributed by atoms with E-state index >= 15 is 0 Å². The van der Waals surface area contributed by atoms with Crippen LogP contribution >= 0.6 is 0 Å². The Morgan fingerprint density at radius 3 is 2.26 bits per heavy atom. The summed E-state index contributed by atoms with van der Waals surface area (Å²) in [6, 6.07) is 15.7. The number of nitrogens with one attached hydrogen (secondary N) is 1. The van der Waals surface area contributed by atoms with Gasteiger partial charge < -0.3 is 15.2 Å². The molecule has 2 aromatic carbocycles. The van der Waals surface area contributed by atoms with E-state index < -0.39 is 24.1 Å². The van der Waals surface area contributed by atoms with Gasteiger partial charge in [-0.25, -0.2) is 4.79 Å². The molecule has 2 atom stereocenters. The number of carbonyl (C=O) groups is 2. The Kier molecular flexibility index (Phi) is 5.49. The van der Waals surface area contributed by atoms with Crippen molar-refractivity contribution in [2.24, 2.45) is 0 Å². The van der Waals surface area contributed by atoms with Crippen molar-refractivity contribution in [1.29, 1.82) is 0 Å². The van der Waals surface area contributed by atoms with Gasteiger partial charge in [-0.05, 0) is 31.5 Å². The fraction of sp³-hybridized carbons (Fsp3) is 0.222. The van der Waals surface area contributed by atoms with Crippen LogP contribution in [0.25, 0.3) is 0 Å². The number of ether oxygens (including phenoxy) is 1. The highest BCUT2D eigenvalue weighted by molar-refractivity contribution is 5.95. The van der Waals surface area contributed by atoms with Crippen LogP contribution in [0.4, 0.5) is 5.69 Å². The van der Waals surface area contributed by atoms with Gasteiger partial charge in [-0.15, -0.1) is 0 Å². The van der Waals surface area contributed by atoms with Gasteiger partial charge >= 0.3 is 5.97 Å².